The molecular weight excluding hydrogens is 322 g/mol. The number of anilines is 1. The van der Waals surface area contributed by atoms with Crippen molar-refractivity contribution in [1.82, 2.24) is 9.80 Å². The number of hydrogen-bond acceptors (Lipinski definition) is 4. The van der Waals surface area contributed by atoms with E-state index in [1.54, 1.807) is 34.1 Å². The summed E-state index contributed by atoms with van der Waals surface area (Å²) >= 11 is 0. The van der Waals surface area contributed by atoms with Gasteiger partial charge in [0, 0.05) is 44.4 Å². The predicted molar refractivity (Wildman–Crippen MR) is 94.5 cm³/mol. The number of nitrogens with one attached hydrogen (secondary N) is 1. The highest BCUT2D eigenvalue weighted by Gasteiger charge is 2.28. The standard InChI is InChI=1S/C18H25N3O4/c1-13(22)19-15-7-5-14(6-8-15)16(23)20-9-11-21(12-10-20)17(24)25-18(2,3)4/h5-8H,9-12H2,1-4H3,(H,19,22). The Morgan fingerprint density at radius 3 is 1.96 bits per heavy atom. The van der Waals surface area contributed by atoms with Crippen molar-refractivity contribution in [3.05, 3.63) is 29.8 Å². The Hall–Kier alpha value is -2.57. The van der Waals surface area contributed by atoms with Crippen LogP contribution in [0, 0.1) is 0 Å². The Balaban J connectivity index is 1.90. The molecule has 1 aliphatic heterocycles. The van der Waals surface area contributed by atoms with Crippen molar-refractivity contribution in [2.45, 2.75) is 33.3 Å². The van der Waals surface area contributed by atoms with Crippen LogP contribution >= 0.6 is 0 Å². The fourth-order valence-corrected chi connectivity index (χ4v) is 2.50. The summed E-state index contributed by atoms with van der Waals surface area (Å²) in [7, 11) is 0. The van der Waals surface area contributed by atoms with Crippen LogP contribution in [0.3, 0.4) is 0 Å². The van der Waals surface area contributed by atoms with Crippen LogP contribution in [-0.4, -0.2) is 59.5 Å². The average molecular weight is 347 g/mol. The molecule has 0 aromatic heterocycles. The topological polar surface area (TPSA) is 79.0 Å². The van der Waals surface area contributed by atoms with Crippen LogP contribution in [0.5, 0.6) is 0 Å². The number of rotatable bonds is 2. The highest BCUT2D eigenvalue weighted by molar-refractivity contribution is 5.95. The molecule has 0 saturated carbocycles. The number of benzene rings is 1. The Kier molecular flexibility index (Phi) is 5.66. The van der Waals surface area contributed by atoms with Gasteiger partial charge < -0.3 is 19.9 Å². The van der Waals surface area contributed by atoms with Gasteiger partial charge in [-0.1, -0.05) is 0 Å². The van der Waals surface area contributed by atoms with Crippen LogP contribution in [0.25, 0.3) is 0 Å². The van der Waals surface area contributed by atoms with Gasteiger partial charge in [-0.05, 0) is 45.0 Å². The summed E-state index contributed by atoms with van der Waals surface area (Å²) in [4.78, 5) is 39.0. The Morgan fingerprint density at radius 1 is 0.960 bits per heavy atom. The van der Waals surface area contributed by atoms with E-state index in [-0.39, 0.29) is 17.9 Å². The molecular formula is C18H25N3O4. The molecule has 2 rings (SSSR count). The molecule has 1 aliphatic rings. The number of amides is 3. The van der Waals surface area contributed by atoms with Gasteiger partial charge in [0.05, 0.1) is 0 Å². The highest BCUT2D eigenvalue weighted by atomic mass is 16.6. The van der Waals surface area contributed by atoms with Crippen molar-refractivity contribution in [2.24, 2.45) is 0 Å². The normalized spacial score (nSPS) is 14.9. The average Bonchev–Trinajstić information content (AvgIpc) is 2.53. The lowest BCUT2D eigenvalue weighted by molar-refractivity contribution is -0.114. The Bertz CT molecular complexity index is 641. The van der Waals surface area contributed by atoms with E-state index in [2.05, 4.69) is 5.32 Å². The third-order valence-corrected chi connectivity index (χ3v) is 3.67. The minimum atomic E-state index is -0.528. The molecule has 136 valence electrons. The SMILES string of the molecule is CC(=O)Nc1ccc(C(=O)N2CCN(C(=O)OC(C)(C)C)CC2)cc1. The zero-order chi connectivity index (χ0) is 18.6. The van der Waals surface area contributed by atoms with Crippen molar-refractivity contribution < 1.29 is 19.1 Å². The van der Waals surface area contributed by atoms with Crippen LogP contribution in [0.1, 0.15) is 38.1 Å². The van der Waals surface area contributed by atoms with Crippen molar-refractivity contribution in [3.63, 3.8) is 0 Å². The van der Waals surface area contributed by atoms with E-state index >= 15 is 0 Å². The van der Waals surface area contributed by atoms with Crippen LogP contribution in [0.15, 0.2) is 24.3 Å². The summed E-state index contributed by atoms with van der Waals surface area (Å²) in [5.41, 5.74) is 0.679. The van der Waals surface area contributed by atoms with Gasteiger partial charge in [0.2, 0.25) is 5.91 Å². The molecule has 0 radical (unpaired) electrons. The Morgan fingerprint density at radius 2 is 1.48 bits per heavy atom. The minimum Gasteiger partial charge on any atom is -0.444 e. The first kappa shape index (κ1) is 18.8. The summed E-state index contributed by atoms with van der Waals surface area (Å²) in [5.74, 6) is -0.240. The molecule has 1 saturated heterocycles. The van der Waals surface area contributed by atoms with E-state index in [0.717, 1.165) is 0 Å². The molecule has 1 N–H and O–H groups in total. The molecule has 25 heavy (non-hydrogen) atoms. The quantitative estimate of drug-likeness (QED) is 0.890. The molecule has 0 bridgehead atoms. The number of piperazine rings is 1. The number of carbonyl (C=O) groups is 3. The van der Waals surface area contributed by atoms with Crippen molar-refractivity contribution >= 4 is 23.6 Å². The minimum absolute atomic E-state index is 0.0850. The van der Waals surface area contributed by atoms with Gasteiger partial charge in [-0.25, -0.2) is 4.79 Å². The van der Waals surface area contributed by atoms with Gasteiger partial charge in [0.25, 0.3) is 5.91 Å². The van der Waals surface area contributed by atoms with Crippen LogP contribution < -0.4 is 5.32 Å². The lowest BCUT2D eigenvalue weighted by Crippen LogP contribution is -2.51. The van der Waals surface area contributed by atoms with Gasteiger partial charge in [-0.15, -0.1) is 0 Å². The number of hydrogen-bond donors (Lipinski definition) is 1. The van der Waals surface area contributed by atoms with E-state index in [1.807, 2.05) is 20.8 Å². The van der Waals surface area contributed by atoms with Crippen LogP contribution in [-0.2, 0) is 9.53 Å². The van der Waals surface area contributed by atoms with Crippen molar-refractivity contribution in [1.29, 1.82) is 0 Å². The maximum Gasteiger partial charge on any atom is 0.410 e. The number of ether oxygens (including phenoxy) is 1. The summed E-state index contributed by atoms with van der Waals surface area (Å²) in [6.45, 7) is 8.75. The van der Waals surface area contributed by atoms with Crippen LogP contribution in [0.4, 0.5) is 10.5 Å². The first-order valence-corrected chi connectivity index (χ1v) is 8.30. The second-order valence-electron chi connectivity index (χ2n) is 7.02. The number of nitrogens with zero attached hydrogens (tertiary/aromatic N) is 2. The summed E-state index contributed by atoms with van der Waals surface area (Å²) in [6, 6.07) is 6.78. The maximum atomic E-state index is 12.5. The summed E-state index contributed by atoms with van der Waals surface area (Å²) in [6.07, 6.45) is -0.348. The van der Waals surface area contributed by atoms with Gasteiger partial charge >= 0.3 is 6.09 Å². The van der Waals surface area contributed by atoms with E-state index in [1.165, 1.54) is 6.92 Å². The van der Waals surface area contributed by atoms with Gasteiger partial charge in [-0.2, -0.15) is 0 Å². The van der Waals surface area contributed by atoms with E-state index < -0.39 is 5.60 Å². The molecule has 1 aromatic rings. The summed E-state index contributed by atoms with van der Waals surface area (Å²) < 4.78 is 5.35. The predicted octanol–water partition coefficient (Wildman–Crippen LogP) is 2.34. The fourth-order valence-electron chi connectivity index (χ4n) is 2.50. The zero-order valence-corrected chi connectivity index (χ0v) is 15.2. The lowest BCUT2D eigenvalue weighted by Gasteiger charge is -2.35. The molecule has 7 heteroatoms. The summed E-state index contributed by atoms with van der Waals surface area (Å²) in [5, 5.41) is 2.67. The molecule has 3 amide bonds. The number of carbonyl (C=O) groups excluding carboxylic acids is 3. The second kappa shape index (κ2) is 7.55. The third kappa shape index (κ3) is 5.48. The first-order valence-electron chi connectivity index (χ1n) is 8.30. The smallest absolute Gasteiger partial charge is 0.410 e. The molecule has 1 fully saturated rings. The van der Waals surface area contributed by atoms with E-state index in [0.29, 0.717) is 37.4 Å². The highest BCUT2D eigenvalue weighted by Crippen LogP contribution is 2.15. The van der Waals surface area contributed by atoms with Gasteiger partial charge in [0.1, 0.15) is 5.60 Å². The monoisotopic (exact) mass is 347 g/mol. The molecule has 0 unspecified atom stereocenters. The van der Waals surface area contributed by atoms with Gasteiger partial charge in [0.15, 0.2) is 0 Å². The fraction of sp³-hybridized carbons (Fsp3) is 0.500. The zero-order valence-electron chi connectivity index (χ0n) is 15.2. The third-order valence-electron chi connectivity index (χ3n) is 3.67. The van der Waals surface area contributed by atoms with E-state index in [9.17, 15) is 14.4 Å². The first-order chi connectivity index (χ1) is 11.7. The van der Waals surface area contributed by atoms with Crippen molar-refractivity contribution in [3.8, 4) is 0 Å². The second-order valence-corrected chi connectivity index (χ2v) is 7.02. The lowest BCUT2D eigenvalue weighted by atomic mass is 10.1. The molecule has 0 aliphatic carbocycles. The maximum absolute atomic E-state index is 12.5. The van der Waals surface area contributed by atoms with Gasteiger partial charge in [-0.3, -0.25) is 9.59 Å². The largest absolute Gasteiger partial charge is 0.444 e. The molecule has 1 heterocycles. The molecule has 1 aromatic carbocycles. The molecule has 7 nitrogen and oxygen atoms in total. The molecule has 0 spiro atoms. The van der Waals surface area contributed by atoms with Crippen LogP contribution in [0.2, 0.25) is 0 Å². The Labute approximate surface area is 147 Å². The molecule has 0 atom stereocenters. The van der Waals surface area contributed by atoms with E-state index in [4.69, 9.17) is 4.74 Å². The van der Waals surface area contributed by atoms with Crippen molar-refractivity contribution in [2.75, 3.05) is 31.5 Å².